The van der Waals surface area contributed by atoms with Crippen LogP contribution in [0.3, 0.4) is 0 Å². The van der Waals surface area contributed by atoms with Crippen molar-refractivity contribution < 1.29 is 19.1 Å². The van der Waals surface area contributed by atoms with Gasteiger partial charge >= 0.3 is 0 Å². The van der Waals surface area contributed by atoms with Crippen LogP contribution in [0.1, 0.15) is 18.1 Å². The highest BCUT2D eigenvalue weighted by atomic mass is 35.5. The van der Waals surface area contributed by atoms with Crippen LogP contribution in [-0.2, 0) is 16.2 Å². The van der Waals surface area contributed by atoms with Crippen LogP contribution in [0.25, 0.3) is 0 Å². The zero-order chi connectivity index (χ0) is 18.8. The summed E-state index contributed by atoms with van der Waals surface area (Å²) in [6.07, 6.45) is 1.50. The van der Waals surface area contributed by atoms with Crippen molar-refractivity contribution in [1.29, 1.82) is 0 Å². The number of halogens is 1. The topological polar surface area (TPSA) is 69.2 Å². The Morgan fingerprint density at radius 1 is 1.23 bits per heavy atom. The zero-order valence-electron chi connectivity index (χ0n) is 14.7. The van der Waals surface area contributed by atoms with E-state index in [0.29, 0.717) is 29.7 Å². The summed E-state index contributed by atoms with van der Waals surface area (Å²) in [5.41, 5.74) is 1.61. The number of ether oxygens (including phenoxy) is 2. The number of nitrogens with zero attached hydrogens (tertiary/aromatic N) is 1. The van der Waals surface area contributed by atoms with Crippen LogP contribution in [0, 0.1) is 0 Å². The molecule has 2 aromatic rings. The summed E-state index contributed by atoms with van der Waals surface area (Å²) in [4.78, 5) is 16.8. The molecule has 0 fully saturated rings. The van der Waals surface area contributed by atoms with Crippen molar-refractivity contribution >= 4 is 23.7 Å². The molecule has 0 unspecified atom stereocenters. The SMILES string of the molecule is CCOc1ccc(/C=N/OCC(=O)NCc2ccccc2Cl)cc1OC. The van der Waals surface area contributed by atoms with Crippen molar-refractivity contribution in [2.45, 2.75) is 13.5 Å². The third-order valence-corrected chi connectivity index (χ3v) is 3.76. The lowest BCUT2D eigenvalue weighted by Crippen LogP contribution is -2.26. The molecule has 0 bridgehead atoms. The van der Waals surface area contributed by atoms with E-state index >= 15 is 0 Å². The number of methoxy groups -OCH3 is 1. The fraction of sp³-hybridized carbons (Fsp3) is 0.263. The van der Waals surface area contributed by atoms with E-state index < -0.39 is 0 Å². The van der Waals surface area contributed by atoms with Gasteiger partial charge in [0.2, 0.25) is 0 Å². The third-order valence-electron chi connectivity index (χ3n) is 3.39. The van der Waals surface area contributed by atoms with Gasteiger partial charge in [0.15, 0.2) is 18.1 Å². The molecule has 0 aliphatic rings. The van der Waals surface area contributed by atoms with Crippen molar-refractivity contribution in [3.05, 3.63) is 58.6 Å². The van der Waals surface area contributed by atoms with Gasteiger partial charge in [-0.1, -0.05) is 35.0 Å². The van der Waals surface area contributed by atoms with Gasteiger partial charge in [0, 0.05) is 17.1 Å². The summed E-state index contributed by atoms with van der Waals surface area (Å²) in [5, 5.41) is 7.12. The number of rotatable bonds is 9. The molecule has 0 aromatic heterocycles. The maximum absolute atomic E-state index is 11.8. The first-order valence-corrected chi connectivity index (χ1v) is 8.48. The molecule has 0 spiro atoms. The highest BCUT2D eigenvalue weighted by Gasteiger charge is 2.05. The van der Waals surface area contributed by atoms with Crippen LogP contribution < -0.4 is 14.8 Å². The van der Waals surface area contributed by atoms with Crippen LogP contribution in [-0.4, -0.2) is 32.4 Å². The van der Waals surface area contributed by atoms with Crippen LogP contribution in [0.15, 0.2) is 47.6 Å². The van der Waals surface area contributed by atoms with Gasteiger partial charge in [-0.15, -0.1) is 0 Å². The summed E-state index contributed by atoms with van der Waals surface area (Å²) >= 11 is 6.03. The highest BCUT2D eigenvalue weighted by molar-refractivity contribution is 6.31. The Labute approximate surface area is 157 Å². The number of benzene rings is 2. The van der Waals surface area contributed by atoms with Gasteiger partial charge in [-0.3, -0.25) is 4.79 Å². The molecule has 0 radical (unpaired) electrons. The summed E-state index contributed by atoms with van der Waals surface area (Å²) in [6, 6.07) is 12.7. The second kappa shape index (κ2) is 10.3. The molecule has 0 saturated heterocycles. The molecule has 1 N–H and O–H groups in total. The number of carbonyl (C=O) groups excluding carboxylic acids is 1. The lowest BCUT2D eigenvalue weighted by molar-refractivity contribution is -0.125. The number of hydrogen-bond acceptors (Lipinski definition) is 5. The van der Waals surface area contributed by atoms with Gasteiger partial charge < -0.3 is 19.6 Å². The van der Waals surface area contributed by atoms with Crippen molar-refractivity contribution in [3.63, 3.8) is 0 Å². The summed E-state index contributed by atoms with van der Waals surface area (Å²) < 4.78 is 10.7. The summed E-state index contributed by atoms with van der Waals surface area (Å²) in [6.45, 7) is 2.60. The van der Waals surface area contributed by atoms with E-state index in [2.05, 4.69) is 10.5 Å². The molecule has 1 amide bonds. The predicted octanol–water partition coefficient (Wildman–Crippen LogP) is 3.41. The first-order chi connectivity index (χ1) is 12.6. The van der Waals surface area contributed by atoms with Crippen molar-refractivity contribution in [2.75, 3.05) is 20.3 Å². The lowest BCUT2D eigenvalue weighted by atomic mass is 10.2. The minimum absolute atomic E-state index is 0.185. The summed E-state index contributed by atoms with van der Waals surface area (Å²) in [5.74, 6) is 0.978. The van der Waals surface area contributed by atoms with Crippen LogP contribution in [0.2, 0.25) is 5.02 Å². The number of carbonyl (C=O) groups is 1. The molecule has 6 nitrogen and oxygen atoms in total. The van der Waals surface area contributed by atoms with E-state index in [1.807, 2.05) is 31.2 Å². The molecule has 26 heavy (non-hydrogen) atoms. The fourth-order valence-corrected chi connectivity index (χ4v) is 2.32. The largest absolute Gasteiger partial charge is 0.493 e. The first-order valence-electron chi connectivity index (χ1n) is 8.10. The number of amides is 1. The number of nitrogens with one attached hydrogen (secondary N) is 1. The monoisotopic (exact) mass is 376 g/mol. The Bertz CT molecular complexity index is 765. The number of hydrogen-bond donors (Lipinski definition) is 1. The quantitative estimate of drug-likeness (QED) is 0.538. The molecular formula is C19H21ClN2O4. The molecule has 2 rings (SSSR count). The van der Waals surface area contributed by atoms with Gasteiger partial charge in [-0.05, 0) is 36.8 Å². The Morgan fingerprint density at radius 3 is 2.77 bits per heavy atom. The highest BCUT2D eigenvalue weighted by Crippen LogP contribution is 2.27. The normalized spacial score (nSPS) is 10.6. The molecule has 0 atom stereocenters. The Balaban J connectivity index is 1.79. The second-order valence-corrected chi connectivity index (χ2v) is 5.63. The maximum atomic E-state index is 11.8. The summed E-state index contributed by atoms with van der Waals surface area (Å²) in [7, 11) is 1.57. The maximum Gasteiger partial charge on any atom is 0.261 e. The molecule has 0 heterocycles. The molecule has 0 aliphatic heterocycles. The van der Waals surface area contributed by atoms with Crippen LogP contribution in [0.5, 0.6) is 11.5 Å². The van der Waals surface area contributed by atoms with Gasteiger partial charge in [0.25, 0.3) is 5.91 Å². The fourth-order valence-electron chi connectivity index (χ4n) is 2.12. The second-order valence-electron chi connectivity index (χ2n) is 5.22. The van der Waals surface area contributed by atoms with Crippen molar-refractivity contribution in [2.24, 2.45) is 5.16 Å². The molecule has 2 aromatic carbocycles. The van der Waals surface area contributed by atoms with Gasteiger partial charge in [-0.25, -0.2) is 0 Å². The first kappa shape index (κ1) is 19.6. The van der Waals surface area contributed by atoms with E-state index in [1.165, 1.54) is 6.21 Å². The molecule has 7 heteroatoms. The van der Waals surface area contributed by atoms with Gasteiger partial charge in [0.1, 0.15) is 0 Å². The molecule has 0 saturated carbocycles. The minimum atomic E-state index is -0.286. The molecular weight excluding hydrogens is 356 g/mol. The van der Waals surface area contributed by atoms with Crippen molar-refractivity contribution in [3.8, 4) is 11.5 Å². The van der Waals surface area contributed by atoms with E-state index in [4.69, 9.17) is 25.9 Å². The Kier molecular flexibility index (Phi) is 7.76. The smallest absolute Gasteiger partial charge is 0.261 e. The van der Waals surface area contributed by atoms with Crippen LogP contribution >= 0.6 is 11.6 Å². The van der Waals surface area contributed by atoms with E-state index in [9.17, 15) is 4.79 Å². The van der Waals surface area contributed by atoms with E-state index in [0.717, 1.165) is 11.1 Å². The standard InChI is InChI=1S/C19H21ClN2O4/c1-3-25-17-9-8-14(10-18(17)24-2)11-22-26-13-19(23)21-12-15-6-4-5-7-16(15)20/h4-11H,3,12-13H2,1-2H3,(H,21,23)/b22-11+. The van der Waals surface area contributed by atoms with E-state index in [1.54, 1.807) is 25.3 Å². The number of oxime groups is 1. The predicted molar refractivity (Wildman–Crippen MR) is 101 cm³/mol. The van der Waals surface area contributed by atoms with Crippen LogP contribution in [0.4, 0.5) is 0 Å². The molecule has 0 aliphatic carbocycles. The van der Waals surface area contributed by atoms with Gasteiger partial charge in [0.05, 0.1) is 19.9 Å². The van der Waals surface area contributed by atoms with Crippen molar-refractivity contribution in [1.82, 2.24) is 5.32 Å². The average Bonchev–Trinajstić information content (AvgIpc) is 2.65. The Morgan fingerprint density at radius 2 is 2.04 bits per heavy atom. The lowest BCUT2D eigenvalue weighted by Gasteiger charge is -2.09. The minimum Gasteiger partial charge on any atom is -0.493 e. The average molecular weight is 377 g/mol. The molecule has 138 valence electrons. The zero-order valence-corrected chi connectivity index (χ0v) is 15.5. The Hall–Kier alpha value is -2.73. The third kappa shape index (κ3) is 5.97. The van der Waals surface area contributed by atoms with Gasteiger partial charge in [-0.2, -0.15) is 0 Å². The van der Waals surface area contributed by atoms with E-state index in [-0.39, 0.29) is 12.5 Å².